The Bertz CT molecular complexity index is 3960. The van der Waals surface area contributed by atoms with Crippen molar-refractivity contribution in [2.45, 2.75) is 6.92 Å². The Balaban J connectivity index is 1.17. The van der Waals surface area contributed by atoms with Gasteiger partial charge in [-0.25, -0.2) is 22.0 Å². The van der Waals surface area contributed by atoms with Crippen LogP contribution in [0.5, 0.6) is 0 Å². The molecular weight excluding hydrogens is 860 g/mol. The molecule has 0 bridgehead atoms. The van der Waals surface area contributed by atoms with Gasteiger partial charge in [-0.05, 0) is 101 Å². The molecule has 0 fully saturated rings. The second-order valence-corrected chi connectivity index (χ2v) is 16.9. The summed E-state index contributed by atoms with van der Waals surface area (Å²) in [5, 5.41) is 3.69. The lowest BCUT2D eigenvalue weighted by Crippen LogP contribution is -2.08. The van der Waals surface area contributed by atoms with E-state index >= 15 is 17.6 Å². The number of halogens is 5. The first-order valence-corrected chi connectivity index (χ1v) is 22.0. The van der Waals surface area contributed by atoms with Gasteiger partial charge in [0.2, 0.25) is 5.82 Å². The molecule has 0 aliphatic heterocycles. The number of hydrogen-bond donors (Lipinski definition) is 0. The van der Waals surface area contributed by atoms with Crippen molar-refractivity contribution in [1.82, 2.24) is 19.1 Å². The maximum absolute atomic E-state index is 16.0. The van der Waals surface area contributed by atoms with Crippen LogP contribution in [0.15, 0.2) is 194 Å². The second-order valence-electron chi connectivity index (χ2n) is 16.9. The minimum atomic E-state index is -2.22. The van der Waals surface area contributed by atoms with Gasteiger partial charge in [0.05, 0.1) is 50.4 Å². The first-order valence-electron chi connectivity index (χ1n) is 22.0. The van der Waals surface area contributed by atoms with Crippen LogP contribution in [0.2, 0.25) is 0 Å². The summed E-state index contributed by atoms with van der Waals surface area (Å²) in [5.41, 5.74) is 10.6. The third-order valence-corrected chi connectivity index (χ3v) is 13.0. The Labute approximate surface area is 386 Å². The minimum Gasteiger partial charge on any atom is -0.307 e. The van der Waals surface area contributed by atoms with Crippen molar-refractivity contribution in [3.05, 3.63) is 229 Å². The Kier molecular flexibility index (Phi) is 9.62. The molecule has 68 heavy (non-hydrogen) atoms. The molecule has 4 nitrogen and oxygen atoms in total. The number of pyridine rings is 2. The van der Waals surface area contributed by atoms with Crippen molar-refractivity contribution in [2.24, 2.45) is 0 Å². The summed E-state index contributed by atoms with van der Waals surface area (Å²) in [6.07, 6.45) is 3.57. The van der Waals surface area contributed by atoms with Gasteiger partial charge in [-0.2, -0.15) is 0 Å². The van der Waals surface area contributed by atoms with Gasteiger partial charge in [0.1, 0.15) is 0 Å². The number of para-hydroxylation sites is 2. The van der Waals surface area contributed by atoms with Gasteiger partial charge in [-0.1, -0.05) is 121 Å². The molecular formula is C59H35F5N4. The van der Waals surface area contributed by atoms with Crippen molar-refractivity contribution in [3.8, 4) is 67.3 Å². The molecule has 0 radical (unpaired) electrons. The summed E-state index contributed by atoms with van der Waals surface area (Å²) >= 11 is 0. The Morgan fingerprint density at radius 2 is 0.735 bits per heavy atom. The Morgan fingerprint density at radius 1 is 0.338 bits per heavy atom. The maximum atomic E-state index is 16.0. The second kappa shape index (κ2) is 16.0. The van der Waals surface area contributed by atoms with Crippen LogP contribution in [-0.2, 0) is 0 Å². The van der Waals surface area contributed by atoms with Gasteiger partial charge in [0, 0.05) is 45.1 Å². The molecule has 0 saturated heterocycles. The lowest BCUT2D eigenvalue weighted by atomic mass is 9.96. The maximum Gasteiger partial charge on any atom is 0.200 e. The van der Waals surface area contributed by atoms with Crippen LogP contribution >= 0.6 is 0 Å². The monoisotopic (exact) mass is 894 g/mol. The van der Waals surface area contributed by atoms with E-state index in [1.807, 2.05) is 126 Å². The quantitative estimate of drug-likeness (QED) is 0.0908. The zero-order chi connectivity index (χ0) is 46.2. The first-order chi connectivity index (χ1) is 33.2. The average molecular weight is 895 g/mol. The van der Waals surface area contributed by atoms with E-state index in [1.165, 1.54) is 0 Å². The molecule has 4 heterocycles. The van der Waals surface area contributed by atoms with E-state index in [4.69, 9.17) is 0 Å². The normalized spacial score (nSPS) is 11.7. The third-order valence-electron chi connectivity index (χ3n) is 13.0. The number of aromatic nitrogens is 4. The van der Waals surface area contributed by atoms with Crippen LogP contribution in [0.25, 0.3) is 111 Å². The van der Waals surface area contributed by atoms with Crippen molar-refractivity contribution >= 4 is 43.6 Å². The summed E-state index contributed by atoms with van der Waals surface area (Å²) in [5.74, 6) is -10.1. The fourth-order valence-corrected chi connectivity index (χ4v) is 9.72. The Hall–Kier alpha value is -8.69. The molecule has 8 aromatic carbocycles. The molecule has 9 heteroatoms. The molecule has 0 aliphatic carbocycles. The van der Waals surface area contributed by atoms with Crippen LogP contribution < -0.4 is 0 Å². The van der Waals surface area contributed by atoms with E-state index in [1.54, 1.807) is 31.5 Å². The highest BCUT2D eigenvalue weighted by Gasteiger charge is 2.30. The zero-order valence-corrected chi connectivity index (χ0v) is 36.2. The average Bonchev–Trinajstić information content (AvgIpc) is 3.90. The van der Waals surface area contributed by atoms with E-state index in [0.717, 1.165) is 88.4 Å². The number of aryl methyl sites for hydroxylation is 1. The van der Waals surface area contributed by atoms with E-state index in [2.05, 4.69) is 63.1 Å². The molecule has 0 saturated carbocycles. The van der Waals surface area contributed by atoms with Crippen LogP contribution in [0.3, 0.4) is 0 Å². The molecule has 0 amide bonds. The van der Waals surface area contributed by atoms with Crippen molar-refractivity contribution < 1.29 is 22.0 Å². The highest BCUT2D eigenvalue weighted by molar-refractivity contribution is 6.13. The fourth-order valence-electron chi connectivity index (χ4n) is 9.72. The number of nitrogens with zero attached hydrogens (tertiary/aromatic N) is 4. The van der Waals surface area contributed by atoms with Gasteiger partial charge in [0.25, 0.3) is 0 Å². The number of hydrogen-bond acceptors (Lipinski definition) is 2. The summed E-state index contributed by atoms with van der Waals surface area (Å²) < 4.78 is 81.1. The van der Waals surface area contributed by atoms with E-state index in [9.17, 15) is 4.39 Å². The first kappa shape index (κ1) is 40.8. The summed E-state index contributed by atoms with van der Waals surface area (Å²) in [7, 11) is 0. The SMILES string of the molecule is Cc1cc(-n2c3ccccc3c3ccc(-c4ccnc(-c5ccccc5)c4)cc32)c(-n2c3ccccc3c3ccc(-c4ccnc(-c5ccccc5)c4)cc32)cc1-c1c(F)c(F)c(F)c(F)c1F. The van der Waals surface area contributed by atoms with Crippen LogP contribution in [-0.4, -0.2) is 19.1 Å². The molecule has 4 aromatic heterocycles. The number of fused-ring (bicyclic) bond motifs is 6. The van der Waals surface area contributed by atoms with Gasteiger partial charge < -0.3 is 9.13 Å². The predicted octanol–water partition coefficient (Wildman–Crippen LogP) is 16.0. The Morgan fingerprint density at radius 3 is 1.22 bits per heavy atom. The highest BCUT2D eigenvalue weighted by atomic mass is 19.2. The smallest absolute Gasteiger partial charge is 0.200 e. The van der Waals surface area contributed by atoms with Gasteiger partial charge in [0.15, 0.2) is 23.3 Å². The predicted molar refractivity (Wildman–Crippen MR) is 262 cm³/mol. The topological polar surface area (TPSA) is 35.6 Å². The van der Waals surface area contributed by atoms with Gasteiger partial charge in [-0.3, -0.25) is 9.97 Å². The van der Waals surface area contributed by atoms with Crippen LogP contribution in [0.1, 0.15) is 5.56 Å². The highest BCUT2D eigenvalue weighted by Crippen LogP contribution is 2.44. The fraction of sp³-hybridized carbons (Fsp3) is 0.0169. The minimum absolute atomic E-state index is 0.146. The van der Waals surface area contributed by atoms with Gasteiger partial charge in [-0.15, -0.1) is 0 Å². The number of benzene rings is 8. The van der Waals surface area contributed by atoms with Crippen molar-refractivity contribution in [3.63, 3.8) is 0 Å². The number of rotatable bonds is 7. The lowest BCUT2D eigenvalue weighted by molar-refractivity contribution is 0.381. The largest absolute Gasteiger partial charge is 0.307 e. The standard InChI is InChI=1S/C59H35F5N4/c1-34-28-52(67-48-18-10-8-16-41(48)43-22-20-37(31-50(43)67)39-24-26-65-46(29-39)35-12-4-2-5-13-35)53(33-45(34)54-55(60)57(62)59(64)58(63)56(54)61)68-49-19-11-9-17-42(49)44-23-21-38(32-51(44)68)40-25-27-66-47(30-40)36-14-6-3-7-15-36/h2-33H,1H3. The van der Waals surface area contributed by atoms with E-state index in [-0.39, 0.29) is 5.56 Å². The van der Waals surface area contributed by atoms with Crippen LogP contribution in [0, 0.1) is 36.0 Å². The summed E-state index contributed by atoms with van der Waals surface area (Å²) in [6.45, 7) is 1.62. The molecule has 0 N–H and O–H groups in total. The van der Waals surface area contributed by atoms with E-state index < -0.39 is 34.6 Å². The zero-order valence-electron chi connectivity index (χ0n) is 36.2. The van der Waals surface area contributed by atoms with Crippen molar-refractivity contribution in [2.75, 3.05) is 0 Å². The molecule has 326 valence electrons. The molecule has 0 spiro atoms. The molecule has 12 rings (SSSR count). The molecule has 0 atom stereocenters. The lowest BCUT2D eigenvalue weighted by Gasteiger charge is -2.21. The van der Waals surface area contributed by atoms with Crippen LogP contribution in [0.4, 0.5) is 22.0 Å². The molecule has 0 aliphatic rings. The van der Waals surface area contributed by atoms with E-state index in [0.29, 0.717) is 16.9 Å². The third kappa shape index (κ3) is 6.49. The molecule has 0 unspecified atom stereocenters. The van der Waals surface area contributed by atoms with Crippen molar-refractivity contribution in [1.29, 1.82) is 0 Å². The summed E-state index contributed by atoms with van der Waals surface area (Å²) in [4.78, 5) is 9.33. The molecule has 12 aromatic rings. The van der Waals surface area contributed by atoms with Gasteiger partial charge >= 0.3 is 0 Å². The summed E-state index contributed by atoms with van der Waals surface area (Å²) in [6, 6.07) is 59.5.